The van der Waals surface area contributed by atoms with Gasteiger partial charge in [-0.05, 0) is 43.5 Å². The highest BCUT2D eigenvalue weighted by Gasteiger charge is 2.12. The van der Waals surface area contributed by atoms with Crippen LogP contribution < -0.4 is 5.32 Å². The van der Waals surface area contributed by atoms with Gasteiger partial charge in [0, 0.05) is 26.2 Å². The Balaban J connectivity index is 1.82. The molecule has 118 valence electrons. The van der Waals surface area contributed by atoms with E-state index in [0.717, 1.165) is 45.6 Å². The minimum atomic E-state index is -3.08. The van der Waals surface area contributed by atoms with Crippen LogP contribution in [0.4, 0.5) is 0 Å². The zero-order chi connectivity index (χ0) is 15.1. The van der Waals surface area contributed by atoms with Gasteiger partial charge < -0.3 is 10.2 Å². The molecule has 5 heteroatoms. The second-order valence-corrected chi connectivity index (χ2v) is 7.77. The van der Waals surface area contributed by atoms with Crippen molar-refractivity contribution in [2.75, 3.05) is 38.5 Å². The van der Waals surface area contributed by atoms with E-state index in [2.05, 4.69) is 10.2 Å². The van der Waals surface area contributed by atoms with Crippen molar-refractivity contribution >= 4 is 9.84 Å². The molecule has 0 aromatic heterocycles. The third kappa shape index (κ3) is 5.09. The van der Waals surface area contributed by atoms with E-state index in [1.165, 1.54) is 5.56 Å². The van der Waals surface area contributed by atoms with Gasteiger partial charge >= 0.3 is 0 Å². The Bertz CT molecular complexity index is 520. The summed E-state index contributed by atoms with van der Waals surface area (Å²) in [4.78, 5) is 2.94. The van der Waals surface area contributed by atoms with Crippen molar-refractivity contribution in [3.05, 3.63) is 29.8 Å². The summed E-state index contributed by atoms with van der Waals surface area (Å²) in [5, 5.41) is 3.35. The average molecular weight is 310 g/mol. The molecule has 0 saturated carbocycles. The molecule has 0 bridgehead atoms. The summed E-state index contributed by atoms with van der Waals surface area (Å²) in [6.07, 6.45) is 2.80. The Morgan fingerprint density at radius 2 is 1.81 bits per heavy atom. The lowest BCUT2D eigenvalue weighted by Gasteiger charge is -2.27. The largest absolute Gasteiger partial charge is 0.314 e. The first-order valence-electron chi connectivity index (χ1n) is 7.86. The second kappa shape index (κ2) is 7.92. The maximum absolute atomic E-state index is 12.0. The zero-order valence-electron chi connectivity index (χ0n) is 12.8. The number of nitrogens with one attached hydrogen (secondary N) is 1. The fourth-order valence-electron chi connectivity index (χ4n) is 2.69. The standard InChI is InChI=1S/C16H26N2O2S/c1-2-14-21(19,20)16-7-5-15(6-8-16)4-3-11-18-12-9-17-10-13-18/h5-8,17H,2-4,9-14H2,1H3. The van der Waals surface area contributed by atoms with Crippen molar-refractivity contribution in [2.24, 2.45) is 0 Å². The molecule has 0 amide bonds. The number of rotatable bonds is 7. The highest BCUT2D eigenvalue weighted by atomic mass is 32.2. The fraction of sp³-hybridized carbons (Fsp3) is 0.625. The van der Waals surface area contributed by atoms with E-state index in [1.807, 2.05) is 19.1 Å². The second-order valence-electron chi connectivity index (χ2n) is 5.66. The Labute approximate surface area is 128 Å². The van der Waals surface area contributed by atoms with E-state index in [0.29, 0.717) is 11.3 Å². The number of piperazine rings is 1. The predicted octanol–water partition coefficient (Wildman–Crippen LogP) is 1.71. The van der Waals surface area contributed by atoms with Crippen molar-refractivity contribution in [1.29, 1.82) is 0 Å². The Kier molecular flexibility index (Phi) is 6.21. The summed E-state index contributed by atoms with van der Waals surface area (Å²) >= 11 is 0. The van der Waals surface area contributed by atoms with Crippen LogP contribution in [0, 0.1) is 0 Å². The topological polar surface area (TPSA) is 49.4 Å². The van der Waals surface area contributed by atoms with Crippen molar-refractivity contribution in [3.63, 3.8) is 0 Å². The molecule has 1 aromatic rings. The van der Waals surface area contributed by atoms with Crippen LogP contribution in [0.1, 0.15) is 25.3 Å². The number of nitrogens with zero attached hydrogens (tertiary/aromatic N) is 1. The smallest absolute Gasteiger partial charge is 0.178 e. The van der Waals surface area contributed by atoms with Crippen LogP contribution in [-0.4, -0.2) is 51.8 Å². The Morgan fingerprint density at radius 1 is 1.14 bits per heavy atom. The SMILES string of the molecule is CCCS(=O)(=O)c1ccc(CCCN2CCNCC2)cc1. The lowest BCUT2D eigenvalue weighted by molar-refractivity contribution is 0.238. The van der Waals surface area contributed by atoms with Gasteiger partial charge in [-0.2, -0.15) is 0 Å². The number of hydrogen-bond donors (Lipinski definition) is 1. The first-order valence-corrected chi connectivity index (χ1v) is 9.52. The van der Waals surface area contributed by atoms with Gasteiger partial charge in [0.05, 0.1) is 10.6 Å². The van der Waals surface area contributed by atoms with Crippen molar-refractivity contribution in [3.8, 4) is 0 Å². The van der Waals surface area contributed by atoms with Crippen molar-refractivity contribution < 1.29 is 8.42 Å². The summed E-state index contributed by atoms with van der Waals surface area (Å²) < 4.78 is 23.9. The van der Waals surface area contributed by atoms with E-state index in [-0.39, 0.29) is 5.75 Å². The molecule has 0 atom stereocenters. The third-order valence-electron chi connectivity index (χ3n) is 3.90. The van der Waals surface area contributed by atoms with Gasteiger partial charge in [-0.15, -0.1) is 0 Å². The number of aryl methyl sites for hydroxylation is 1. The molecule has 1 fully saturated rings. The molecule has 2 rings (SSSR count). The molecular formula is C16H26N2O2S. The van der Waals surface area contributed by atoms with Crippen molar-refractivity contribution in [2.45, 2.75) is 31.1 Å². The van der Waals surface area contributed by atoms with Gasteiger partial charge in [-0.1, -0.05) is 19.1 Å². The quantitative estimate of drug-likeness (QED) is 0.833. The van der Waals surface area contributed by atoms with Crippen LogP contribution in [0.2, 0.25) is 0 Å². The van der Waals surface area contributed by atoms with E-state index in [1.54, 1.807) is 12.1 Å². The Morgan fingerprint density at radius 3 is 2.43 bits per heavy atom. The molecule has 1 saturated heterocycles. The van der Waals surface area contributed by atoms with Crippen LogP contribution in [0.5, 0.6) is 0 Å². The first-order chi connectivity index (χ1) is 10.1. The molecule has 1 heterocycles. The molecule has 4 nitrogen and oxygen atoms in total. The van der Waals surface area contributed by atoms with Crippen LogP contribution in [0.25, 0.3) is 0 Å². The number of benzene rings is 1. The normalized spacial score (nSPS) is 17.0. The summed E-state index contributed by atoms with van der Waals surface area (Å²) in [5.74, 6) is 0.231. The molecule has 21 heavy (non-hydrogen) atoms. The molecular weight excluding hydrogens is 284 g/mol. The fourth-order valence-corrected chi connectivity index (χ4v) is 4.02. The van der Waals surface area contributed by atoms with Crippen LogP contribution in [0.15, 0.2) is 29.2 Å². The van der Waals surface area contributed by atoms with Crippen LogP contribution >= 0.6 is 0 Å². The molecule has 1 N–H and O–H groups in total. The molecule has 0 aliphatic carbocycles. The highest BCUT2D eigenvalue weighted by molar-refractivity contribution is 7.91. The van der Waals surface area contributed by atoms with Gasteiger partial charge in [0.1, 0.15) is 0 Å². The first kappa shape index (κ1) is 16.5. The van der Waals surface area contributed by atoms with Crippen molar-refractivity contribution in [1.82, 2.24) is 10.2 Å². The minimum absolute atomic E-state index is 0.231. The lowest BCUT2D eigenvalue weighted by atomic mass is 10.1. The van der Waals surface area contributed by atoms with Crippen LogP contribution in [-0.2, 0) is 16.3 Å². The average Bonchev–Trinajstić information content (AvgIpc) is 2.49. The van der Waals surface area contributed by atoms with E-state index in [9.17, 15) is 8.42 Å². The molecule has 0 radical (unpaired) electrons. The maximum Gasteiger partial charge on any atom is 0.178 e. The van der Waals surface area contributed by atoms with E-state index in [4.69, 9.17) is 0 Å². The maximum atomic E-state index is 12.0. The molecule has 1 aromatic carbocycles. The Hall–Kier alpha value is -0.910. The van der Waals surface area contributed by atoms with Gasteiger partial charge in [0.15, 0.2) is 9.84 Å². The van der Waals surface area contributed by atoms with Gasteiger partial charge in [0.2, 0.25) is 0 Å². The predicted molar refractivity (Wildman–Crippen MR) is 86.4 cm³/mol. The van der Waals surface area contributed by atoms with E-state index < -0.39 is 9.84 Å². The highest BCUT2D eigenvalue weighted by Crippen LogP contribution is 2.14. The van der Waals surface area contributed by atoms with E-state index >= 15 is 0 Å². The van der Waals surface area contributed by atoms with Crippen LogP contribution in [0.3, 0.4) is 0 Å². The number of sulfone groups is 1. The summed E-state index contributed by atoms with van der Waals surface area (Å²) in [6.45, 7) is 7.45. The summed E-state index contributed by atoms with van der Waals surface area (Å²) in [7, 11) is -3.08. The number of hydrogen-bond acceptors (Lipinski definition) is 4. The summed E-state index contributed by atoms with van der Waals surface area (Å²) in [5.41, 5.74) is 1.22. The van der Waals surface area contributed by atoms with Gasteiger partial charge in [-0.3, -0.25) is 0 Å². The van der Waals surface area contributed by atoms with Gasteiger partial charge in [-0.25, -0.2) is 8.42 Å². The molecule has 0 spiro atoms. The lowest BCUT2D eigenvalue weighted by Crippen LogP contribution is -2.43. The monoisotopic (exact) mass is 310 g/mol. The molecule has 1 aliphatic rings. The third-order valence-corrected chi connectivity index (χ3v) is 5.84. The zero-order valence-corrected chi connectivity index (χ0v) is 13.7. The van der Waals surface area contributed by atoms with Gasteiger partial charge in [0.25, 0.3) is 0 Å². The molecule has 1 aliphatic heterocycles. The molecule has 0 unspecified atom stereocenters. The summed E-state index contributed by atoms with van der Waals surface area (Å²) in [6, 6.07) is 7.43. The minimum Gasteiger partial charge on any atom is -0.314 e.